The number of esters is 1. The molecule has 3 N–H and O–H groups in total. The van der Waals surface area contributed by atoms with Crippen LogP contribution in [0.2, 0.25) is 0 Å². The lowest BCUT2D eigenvalue weighted by Crippen LogP contribution is -2.44. The molecular weight excluding hydrogens is 955 g/mol. The van der Waals surface area contributed by atoms with E-state index in [-0.39, 0.29) is 31.1 Å². The Balaban J connectivity index is 3.64. The molecule has 2 amide bonds. The molecule has 73 heavy (non-hydrogen) atoms. The van der Waals surface area contributed by atoms with E-state index in [1.165, 1.54) is 44.9 Å². The summed E-state index contributed by atoms with van der Waals surface area (Å²) < 4.78 is 65.6. The molecule has 0 heterocycles. The molecule has 0 spiro atoms. The van der Waals surface area contributed by atoms with Gasteiger partial charge >= 0.3 is 11.9 Å². The number of carboxylic acid groups (broad SMARTS) is 1. The molecule has 1 unspecified atom stereocenters. The van der Waals surface area contributed by atoms with E-state index in [2.05, 4.69) is 20.7 Å². The van der Waals surface area contributed by atoms with Crippen LogP contribution in [0.5, 0.6) is 0 Å². The Kier molecular flexibility index (Phi) is 52.5. The van der Waals surface area contributed by atoms with Crippen LogP contribution in [0.15, 0.2) is 5.11 Å². The fourth-order valence-electron chi connectivity index (χ4n) is 6.65. The lowest BCUT2D eigenvalue weighted by molar-refractivity contribution is -0.159. The summed E-state index contributed by atoms with van der Waals surface area (Å²) >= 11 is 0. The molecule has 0 aliphatic carbocycles. The highest BCUT2D eigenvalue weighted by Crippen LogP contribution is 2.15. The number of unbranched alkanes of at least 4 members (excludes halogenated alkanes) is 13. The van der Waals surface area contributed by atoms with Gasteiger partial charge < -0.3 is 72.6 Å². The maximum atomic E-state index is 12.9. The second-order valence-corrected chi connectivity index (χ2v) is 18.1. The van der Waals surface area contributed by atoms with Crippen molar-refractivity contribution < 1.29 is 81.1 Å². The summed E-state index contributed by atoms with van der Waals surface area (Å²) in [6.45, 7) is 15.6. The summed E-state index contributed by atoms with van der Waals surface area (Å²) in [5, 5.41) is 17.7. The summed E-state index contributed by atoms with van der Waals surface area (Å²) in [7, 11) is 0. The monoisotopic (exact) mass is 1050 g/mol. The predicted molar refractivity (Wildman–Crippen MR) is 275 cm³/mol. The molecule has 0 radical (unpaired) electrons. The quantitative estimate of drug-likeness (QED) is 0.0192. The fraction of sp³-hybridized carbons (Fsp3) is 0.922. The van der Waals surface area contributed by atoms with Crippen molar-refractivity contribution in [2.45, 2.75) is 148 Å². The van der Waals surface area contributed by atoms with Crippen LogP contribution in [0.4, 0.5) is 0 Å². The number of ether oxygens (including phenoxy) is 12. The second-order valence-electron chi connectivity index (χ2n) is 18.1. The van der Waals surface area contributed by atoms with E-state index in [0.717, 1.165) is 44.9 Å². The van der Waals surface area contributed by atoms with Crippen molar-refractivity contribution in [2.75, 3.05) is 158 Å². The Morgan fingerprint density at radius 2 is 0.767 bits per heavy atom. The summed E-state index contributed by atoms with van der Waals surface area (Å²) in [6.07, 6.45) is 16.1. The van der Waals surface area contributed by atoms with Crippen molar-refractivity contribution in [1.29, 1.82) is 0 Å². The molecule has 0 aromatic heterocycles. The summed E-state index contributed by atoms with van der Waals surface area (Å²) in [6, 6.07) is -0.910. The number of rotatable bonds is 58. The molecule has 0 saturated heterocycles. The van der Waals surface area contributed by atoms with Crippen LogP contribution in [-0.4, -0.2) is 199 Å². The SMILES string of the molecule is CC(C)(C)OC(=O)C(CCC(=O)NCCOCCOCCOCCOCCOCCOCCOCCOCCOCCOCCOCCN=[N+]=[N-])NC(=O)CCCCCCCCCCCCCCCCC(=O)O. The Morgan fingerprint density at radius 3 is 1.10 bits per heavy atom. The smallest absolute Gasteiger partial charge is 0.329 e. The van der Waals surface area contributed by atoms with E-state index in [0.29, 0.717) is 165 Å². The van der Waals surface area contributed by atoms with Gasteiger partial charge in [0, 0.05) is 37.3 Å². The molecule has 0 aromatic rings. The van der Waals surface area contributed by atoms with Gasteiger partial charge in [0.05, 0.1) is 145 Å². The number of carbonyl (C=O) groups is 4. The average Bonchev–Trinajstić information content (AvgIpc) is 3.35. The normalized spacial score (nSPS) is 11.9. The van der Waals surface area contributed by atoms with Gasteiger partial charge in [-0.1, -0.05) is 82.2 Å². The van der Waals surface area contributed by atoms with Gasteiger partial charge in [-0.3, -0.25) is 14.4 Å². The van der Waals surface area contributed by atoms with Crippen molar-refractivity contribution in [2.24, 2.45) is 5.11 Å². The van der Waals surface area contributed by atoms with Crippen LogP contribution in [0.1, 0.15) is 136 Å². The minimum Gasteiger partial charge on any atom is -0.481 e. The standard InChI is InChI=1S/C51H97N5O17/c1-51(2,3)73-50(61)46(55-48(58)18-16-14-12-10-8-6-4-5-7-9-11-13-15-17-19-49(59)60)20-21-47(57)53-22-24-62-26-28-64-30-32-66-34-36-68-38-40-70-42-44-72-45-43-71-41-39-69-37-35-67-33-31-65-29-27-63-25-23-54-56-52/h46H,4-45H2,1-3H3,(H,53,57)(H,55,58)(H,59,60). The number of hydrogen-bond donors (Lipinski definition) is 3. The van der Waals surface area contributed by atoms with Crippen molar-refractivity contribution in [3.05, 3.63) is 10.4 Å². The summed E-state index contributed by atoms with van der Waals surface area (Å²) in [5.74, 6) is -1.72. The lowest BCUT2D eigenvalue weighted by atomic mass is 10.0. The van der Waals surface area contributed by atoms with Gasteiger partial charge in [-0.15, -0.1) is 0 Å². The van der Waals surface area contributed by atoms with E-state index < -0.39 is 23.6 Å². The predicted octanol–water partition coefficient (Wildman–Crippen LogP) is 6.53. The minimum atomic E-state index is -0.910. The molecule has 22 nitrogen and oxygen atoms in total. The van der Waals surface area contributed by atoms with E-state index in [9.17, 15) is 19.2 Å². The largest absolute Gasteiger partial charge is 0.481 e. The number of nitrogens with zero attached hydrogens (tertiary/aromatic N) is 3. The number of aliphatic carboxylic acids is 1. The molecule has 0 aliphatic heterocycles. The van der Waals surface area contributed by atoms with E-state index >= 15 is 0 Å². The Labute approximate surface area is 436 Å². The molecular formula is C51H97N5O17. The zero-order valence-electron chi connectivity index (χ0n) is 45.1. The van der Waals surface area contributed by atoms with Gasteiger partial charge in [0.1, 0.15) is 11.6 Å². The molecule has 0 fully saturated rings. The maximum absolute atomic E-state index is 12.9. The first-order valence-corrected chi connectivity index (χ1v) is 26.9. The third-order valence-electron chi connectivity index (χ3n) is 10.4. The first kappa shape index (κ1) is 69.8. The third-order valence-corrected chi connectivity index (χ3v) is 10.4. The van der Waals surface area contributed by atoms with Gasteiger partial charge in [-0.2, -0.15) is 0 Å². The molecule has 1 atom stereocenters. The highest BCUT2D eigenvalue weighted by Gasteiger charge is 2.27. The van der Waals surface area contributed by atoms with Crippen LogP contribution in [0.3, 0.4) is 0 Å². The van der Waals surface area contributed by atoms with Crippen molar-refractivity contribution in [3.63, 3.8) is 0 Å². The Hall–Kier alpha value is -3.25. The van der Waals surface area contributed by atoms with Gasteiger partial charge in [0.2, 0.25) is 11.8 Å². The topological polar surface area (TPSA) is 272 Å². The van der Waals surface area contributed by atoms with Gasteiger partial charge in [-0.05, 0) is 45.6 Å². The number of azide groups is 1. The first-order chi connectivity index (χ1) is 35.5. The van der Waals surface area contributed by atoms with Gasteiger partial charge in [0.25, 0.3) is 0 Å². The molecule has 22 heteroatoms. The zero-order valence-corrected chi connectivity index (χ0v) is 45.1. The van der Waals surface area contributed by atoms with Gasteiger partial charge in [0.15, 0.2) is 0 Å². The lowest BCUT2D eigenvalue weighted by Gasteiger charge is -2.24. The highest BCUT2D eigenvalue weighted by molar-refractivity contribution is 5.85. The van der Waals surface area contributed by atoms with Crippen LogP contribution >= 0.6 is 0 Å². The van der Waals surface area contributed by atoms with Crippen LogP contribution in [-0.2, 0) is 76.0 Å². The number of carboxylic acids is 1. The Morgan fingerprint density at radius 1 is 0.452 bits per heavy atom. The molecule has 0 bridgehead atoms. The number of nitrogens with one attached hydrogen (secondary N) is 2. The Bertz CT molecular complexity index is 1330. The van der Waals surface area contributed by atoms with Gasteiger partial charge in [-0.25, -0.2) is 4.79 Å². The number of hydrogen-bond acceptors (Lipinski definition) is 17. The summed E-state index contributed by atoms with van der Waals surface area (Å²) in [4.78, 5) is 51.4. The van der Waals surface area contributed by atoms with Crippen LogP contribution in [0.25, 0.3) is 10.4 Å². The molecule has 428 valence electrons. The second kappa shape index (κ2) is 55.0. The first-order valence-electron chi connectivity index (χ1n) is 26.9. The fourth-order valence-corrected chi connectivity index (χ4v) is 6.65. The minimum absolute atomic E-state index is 0.0492. The molecule has 0 aromatic carbocycles. The number of carbonyl (C=O) groups excluding carboxylic acids is 3. The van der Waals surface area contributed by atoms with E-state index in [1.54, 1.807) is 20.8 Å². The van der Waals surface area contributed by atoms with Crippen molar-refractivity contribution in [3.8, 4) is 0 Å². The molecule has 0 rings (SSSR count). The van der Waals surface area contributed by atoms with E-state index in [4.69, 9.17) is 67.5 Å². The van der Waals surface area contributed by atoms with Crippen molar-refractivity contribution in [1.82, 2.24) is 10.6 Å². The van der Waals surface area contributed by atoms with Crippen molar-refractivity contribution >= 4 is 23.8 Å². The third kappa shape index (κ3) is 57.9. The average molecular weight is 1050 g/mol. The van der Waals surface area contributed by atoms with Crippen LogP contribution < -0.4 is 10.6 Å². The van der Waals surface area contributed by atoms with E-state index in [1.807, 2.05) is 0 Å². The highest BCUT2D eigenvalue weighted by atomic mass is 16.6. The molecule has 0 saturated carbocycles. The maximum Gasteiger partial charge on any atom is 0.329 e. The van der Waals surface area contributed by atoms with Crippen LogP contribution in [0, 0.1) is 0 Å². The zero-order chi connectivity index (χ0) is 53.4. The summed E-state index contributed by atoms with van der Waals surface area (Å²) in [5.41, 5.74) is 7.44. The number of amides is 2. The molecule has 0 aliphatic rings.